The zero-order chi connectivity index (χ0) is 20.5. The lowest BCUT2D eigenvalue weighted by Gasteiger charge is -2.38. The summed E-state index contributed by atoms with van der Waals surface area (Å²) < 4.78 is 18.0. The van der Waals surface area contributed by atoms with Gasteiger partial charge in [0.05, 0.1) is 0 Å². The van der Waals surface area contributed by atoms with Crippen LogP contribution < -0.4 is 5.32 Å². The Labute approximate surface area is 180 Å². The van der Waals surface area contributed by atoms with Crippen LogP contribution in [0, 0.1) is 5.92 Å². The number of benzene rings is 2. The molecule has 2 aromatic carbocycles. The summed E-state index contributed by atoms with van der Waals surface area (Å²) in [5.41, 5.74) is 4.94. The van der Waals surface area contributed by atoms with E-state index in [-0.39, 0.29) is 12.0 Å². The molecular formula is C25H29NO3S. The van der Waals surface area contributed by atoms with Crippen LogP contribution in [0.4, 0.5) is 4.79 Å². The van der Waals surface area contributed by atoms with Crippen LogP contribution in [0.2, 0.25) is 0 Å². The van der Waals surface area contributed by atoms with E-state index in [1.165, 1.54) is 28.7 Å². The van der Waals surface area contributed by atoms with Gasteiger partial charge in [0, 0.05) is 33.8 Å². The molecule has 2 bridgehead atoms. The van der Waals surface area contributed by atoms with Crippen molar-refractivity contribution in [1.29, 1.82) is 0 Å². The molecule has 2 aromatic rings. The van der Waals surface area contributed by atoms with Gasteiger partial charge in [-0.15, -0.1) is 0 Å². The van der Waals surface area contributed by atoms with Gasteiger partial charge in [-0.05, 0) is 60.3 Å². The lowest BCUT2D eigenvalue weighted by atomic mass is 9.87. The first-order valence-corrected chi connectivity index (χ1v) is 12.5. The molecular weight excluding hydrogens is 394 g/mol. The monoisotopic (exact) mass is 423 g/mol. The van der Waals surface area contributed by atoms with Crippen LogP contribution in [0.15, 0.2) is 48.5 Å². The van der Waals surface area contributed by atoms with Crippen LogP contribution in [0.5, 0.6) is 0 Å². The third kappa shape index (κ3) is 3.80. The van der Waals surface area contributed by atoms with Crippen molar-refractivity contribution >= 4 is 16.9 Å². The van der Waals surface area contributed by atoms with Gasteiger partial charge in [0.1, 0.15) is 6.61 Å². The Kier molecular flexibility index (Phi) is 5.64. The first-order valence-electron chi connectivity index (χ1n) is 11.2. The van der Waals surface area contributed by atoms with E-state index in [1.807, 2.05) is 12.1 Å². The lowest BCUT2D eigenvalue weighted by Crippen LogP contribution is -2.40. The Balaban J connectivity index is 1.13. The maximum atomic E-state index is 12.3. The van der Waals surface area contributed by atoms with Crippen molar-refractivity contribution in [3.05, 3.63) is 59.7 Å². The second-order valence-corrected chi connectivity index (χ2v) is 10.9. The molecule has 158 valence electrons. The third-order valence-electron chi connectivity index (χ3n) is 7.07. The number of amides is 1. The minimum Gasteiger partial charge on any atom is -0.449 e. The van der Waals surface area contributed by atoms with E-state index in [0.717, 1.165) is 32.1 Å². The Morgan fingerprint density at radius 2 is 1.57 bits per heavy atom. The Morgan fingerprint density at radius 3 is 2.20 bits per heavy atom. The molecule has 1 amide bonds. The van der Waals surface area contributed by atoms with E-state index in [0.29, 0.717) is 29.6 Å². The Hall–Kier alpha value is -2.14. The summed E-state index contributed by atoms with van der Waals surface area (Å²) in [7, 11) is -0.624. The fourth-order valence-corrected chi connectivity index (χ4v) is 7.87. The second kappa shape index (κ2) is 8.54. The highest BCUT2D eigenvalue weighted by molar-refractivity contribution is 7.86. The van der Waals surface area contributed by atoms with Crippen LogP contribution in [-0.2, 0) is 15.5 Å². The molecule has 2 unspecified atom stereocenters. The minimum absolute atomic E-state index is 0.0934. The van der Waals surface area contributed by atoms with Gasteiger partial charge in [-0.1, -0.05) is 55.0 Å². The van der Waals surface area contributed by atoms with Gasteiger partial charge in [-0.2, -0.15) is 0 Å². The highest BCUT2D eigenvalue weighted by atomic mass is 32.2. The zero-order valence-corrected chi connectivity index (χ0v) is 18.0. The average Bonchev–Trinajstić information content (AvgIpc) is 3.07. The number of nitrogens with one attached hydrogen (secondary N) is 1. The average molecular weight is 424 g/mol. The first kappa shape index (κ1) is 19.8. The molecule has 2 aliphatic heterocycles. The summed E-state index contributed by atoms with van der Waals surface area (Å²) in [5.74, 6) is 0.669. The maximum absolute atomic E-state index is 12.3. The van der Waals surface area contributed by atoms with Crippen molar-refractivity contribution in [3.63, 3.8) is 0 Å². The summed E-state index contributed by atoms with van der Waals surface area (Å²) in [6, 6.07) is 16.7. The molecule has 4 nitrogen and oxygen atoms in total. The number of ether oxygens (including phenoxy) is 1. The van der Waals surface area contributed by atoms with E-state index < -0.39 is 10.8 Å². The minimum atomic E-state index is -0.624. The number of carbonyl (C=O) groups is 1. The lowest BCUT2D eigenvalue weighted by molar-refractivity contribution is 0.142. The highest BCUT2D eigenvalue weighted by Crippen LogP contribution is 2.44. The predicted octanol–water partition coefficient (Wildman–Crippen LogP) is 5.00. The molecule has 0 saturated carbocycles. The molecule has 3 aliphatic rings. The number of rotatable bonds is 5. The molecule has 2 atom stereocenters. The molecule has 2 saturated heterocycles. The van der Waals surface area contributed by atoms with E-state index in [2.05, 4.69) is 41.7 Å². The fraction of sp³-hybridized carbons (Fsp3) is 0.480. The van der Waals surface area contributed by atoms with Gasteiger partial charge in [0.15, 0.2) is 0 Å². The van der Waals surface area contributed by atoms with E-state index in [4.69, 9.17) is 4.74 Å². The maximum Gasteiger partial charge on any atom is 0.407 e. The molecule has 2 fully saturated rings. The van der Waals surface area contributed by atoms with Crippen molar-refractivity contribution in [3.8, 4) is 11.1 Å². The summed E-state index contributed by atoms with van der Waals surface area (Å²) in [4.78, 5) is 12.3. The number of hydrogen-bond acceptors (Lipinski definition) is 3. The predicted molar refractivity (Wildman–Crippen MR) is 120 cm³/mol. The number of fused-ring (bicyclic) bond motifs is 5. The highest BCUT2D eigenvalue weighted by Gasteiger charge is 2.37. The van der Waals surface area contributed by atoms with E-state index >= 15 is 0 Å². The molecule has 0 radical (unpaired) electrons. The topological polar surface area (TPSA) is 55.4 Å². The summed E-state index contributed by atoms with van der Waals surface area (Å²) in [5, 5.41) is 3.71. The molecule has 0 spiro atoms. The zero-order valence-electron chi connectivity index (χ0n) is 17.2. The van der Waals surface area contributed by atoms with Gasteiger partial charge in [0.2, 0.25) is 0 Å². The fourth-order valence-electron chi connectivity index (χ4n) is 5.61. The molecule has 1 N–H and O–H groups in total. The number of alkyl carbamates (subject to hydrolysis) is 1. The van der Waals surface area contributed by atoms with Gasteiger partial charge in [-0.3, -0.25) is 4.21 Å². The molecule has 2 heterocycles. The number of hydrogen-bond donors (Lipinski definition) is 1. The third-order valence-corrected chi connectivity index (χ3v) is 9.24. The summed E-state index contributed by atoms with van der Waals surface area (Å²) >= 11 is 0. The van der Waals surface area contributed by atoms with E-state index in [9.17, 15) is 9.00 Å². The summed E-state index contributed by atoms with van der Waals surface area (Å²) in [6.07, 6.45) is 6.17. The van der Waals surface area contributed by atoms with Crippen molar-refractivity contribution < 1.29 is 13.7 Å². The molecule has 5 heteroatoms. The molecule has 0 aromatic heterocycles. The first-order chi connectivity index (χ1) is 14.7. The van der Waals surface area contributed by atoms with Crippen molar-refractivity contribution in [2.75, 3.05) is 13.2 Å². The van der Waals surface area contributed by atoms with Crippen LogP contribution in [-0.4, -0.2) is 34.0 Å². The number of carbonyl (C=O) groups excluding carboxylic acids is 1. The van der Waals surface area contributed by atoms with E-state index in [1.54, 1.807) is 0 Å². The Morgan fingerprint density at radius 1 is 0.967 bits per heavy atom. The van der Waals surface area contributed by atoms with Gasteiger partial charge < -0.3 is 10.1 Å². The Bertz CT molecular complexity index is 897. The standard InChI is InChI=1S/C25H29NO3S/c27-25(26-13-12-17-14-18-6-5-7-19(15-17)30(18)28)29-16-24-22-10-3-1-8-20(22)21-9-2-4-11-23(21)24/h1-4,8-11,17-19,24H,5-7,12-16H2,(H,26,27). The van der Waals surface area contributed by atoms with Crippen molar-refractivity contribution in [2.45, 2.75) is 54.9 Å². The largest absolute Gasteiger partial charge is 0.449 e. The quantitative estimate of drug-likeness (QED) is 0.737. The normalized spacial score (nSPS) is 27.2. The van der Waals surface area contributed by atoms with Crippen LogP contribution >= 0.6 is 0 Å². The van der Waals surface area contributed by atoms with Crippen molar-refractivity contribution in [2.24, 2.45) is 5.92 Å². The van der Waals surface area contributed by atoms with Gasteiger partial charge >= 0.3 is 6.09 Å². The van der Waals surface area contributed by atoms with Crippen LogP contribution in [0.1, 0.15) is 55.6 Å². The molecule has 1 aliphatic carbocycles. The smallest absolute Gasteiger partial charge is 0.407 e. The molecule has 5 rings (SSSR count). The SMILES string of the molecule is O=C(NCCC1CC2CCCC(C1)S2=O)OCC1c2ccccc2-c2ccccc21. The second-order valence-electron chi connectivity index (χ2n) is 8.88. The van der Waals surface area contributed by atoms with Crippen LogP contribution in [0.3, 0.4) is 0 Å². The van der Waals surface area contributed by atoms with Crippen LogP contribution in [0.25, 0.3) is 11.1 Å². The van der Waals surface area contributed by atoms with Gasteiger partial charge in [-0.25, -0.2) is 4.79 Å². The molecule has 30 heavy (non-hydrogen) atoms. The van der Waals surface area contributed by atoms with Crippen molar-refractivity contribution in [1.82, 2.24) is 5.32 Å². The van der Waals surface area contributed by atoms with Gasteiger partial charge in [0.25, 0.3) is 0 Å². The summed E-state index contributed by atoms with van der Waals surface area (Å²) in [6.45, 7) is 0.986.